The number of hydrogen-bond acceptors (Lipinski definition) is 5. The van der Waals surface area contributed by atoms with Crippen LogP contribution >= 0.6 is 0 Å². The molecule has 0 spiro atoms. The van der Waals surface area contributed by atoms with Gasteiger partial charge in [-0.05, 0) is 49.2 Å². The molecule has 7 nitrogen and oxygen atoms in total. The molecule has 1 amide bonds. The first-order valence-electron chi connectivity index (χ1n) is 9.88. The van der Waals surface area contributed by atoms with Gasteiger partial charge in [0.05, 0.1) is 15.5 Å². The Bertz CT molecular complexity index is 1030. The van der Waals surface area contributed by atoms with Gasteiger partial charge in [0.2, 0.25) is 15.9 Å². The molecule has 9 heteroatoms. The van der Waals surface area contributed by atoms with Crippen LogP contribution in [0.15, 0.2) is 64.4 Å². The topological polar surface area (TPSA) is 101 Å². The second-order valence-electron chi connectivity index (χ2n) is 6.86. The van der Waals surface area contributed by atoms with Gasteiger partial charge in [-0.15, -0.1) is 0 Å². The van der Waals surface area contributed by atoms with Crippen molar-refractivity contribution < 1.29 is 21.6 Å². The summed E-state index contributed by atoms with van der Waals surface area (Å²) >= 11 is 0. The minimum atomic E-state index is -3.59. The predicted octanol–water partition coefficient (Wildman–Crippen LogP) is 3.30. The van der Waals surface area contributed by atoms with E-state index in [1.807, 2.05) is 13.8 Å². The van der Waals surface area contributed by atoms with Crippen LogP contribution in [0.1, 0.15) is 33.1 Å². The number of sulfonamides is 1. The molecule has 164 valence electrons. The van der Waals surface area contributed by atoms with Crippen LogP contribution in [0, 0.1) is 0 Å². The molecule has 0 heterocycles. The van der Waals surface area contributed by atoms with E-state index in [2.05, 4.69) is 5.32 Å². The molecule has 2 aromatic rings. The van der Waals surface area contributed by atoms with Gasteiger partial charge in [0.1, 0.15) is 0 Å². The minimum Gasteiger partial charge on any atom is -0.326 e. The van der Waals surface area contributed by atoms with Crippen molar-refractivity contribution in [2.75, 3.05) is 24.2 Å². The third kappa shape index (κ3) is 6.38. The van der Waals surface area contributed by atoms with Gasteiger partial charge < -0.3 is 5.32 Å². The molecule has 0 saturated carbocycles. The molecule has 0 aliphatic heterocycles. The molecule has 0 aliphatic carbocycles. The molecular weight excluding hydrogens is 424 g/mol. The molecule has 2 aromatic carbocycles. The Kier molecular flexibility index (Phi) is 8.57. The van der Waals surface area contributed by atoms with E-state index >= 15 is 0 Å². The lowest BCUT2D eigenvalue weighted by Gasteiger charge is -2.21. The molecule has 30 heavy (non-hydrogen) atoms. The highest BCUT2D eigenvalue weighted by molar-refractivity contribution is 7.91. The van der Waals surface area contributed by atoms with Crippen LogP contribution in [0.2, 0.25) is 0 Å². The van der Waals surface area contributed by atoms with Crippen LogP contribution in [0.4, 0.5) is 5.69 Å². The predicted molar refractivity (Wildman–Crippen MR) is 118 cm³/mol. The average molecular weight is 453 g/mol. The summed E-state index contributed by atoms with van der Waals surface area (Å²) in [5.74, 6) is -0.762. The molecule has 0 radical (unpaired) electrons. The van der Waals surface area contributed by atoms with E-state index in [-0.39, 0.29) is 22.0 Å². The summed E-state index contributed by atoms with van der Waals surface area (Å²) in [5, 5.41) is 2.61. The van der Waals surface area contributed by atoms with Crippen molar-refractivity contribution >= 4 is 31.5 Å². The Hall–Kier alpha value is -2.23. The third-order valence-corrected chi connectivity index (χ3v) is 8.07. The van der Waals surface area contributed by atoms with E-state index in [9.17, 15) is 21.6 Å². The second kappa shape index (κ2) is 10.7. The fourth-order valence-electron chi connectivity index (χ4n) is 2.91. The van der Waals surface area contributed by atoms with Gasteiger partial charge in [-0.1, -0.05) is 32.0 Å². The fraction of sp³-hybridized carbons (Fsp3) is 0.381. The van der Waals surface area contributed by atoms with Crippen LogP contribution in [-0.2, 0) is 24.7 Å². The van der Waals surface area contributed by atoms with Crippen molar-refractivity contribution in [3.8, 4) is 0 Å². The highest BCUT2D eigenvalue weighted by Gasteiger charge is 2.23. The molecular formula is C21H28N2O5S2. The normalized spacial score (nSPS) is 12.1. The first kappa shape index (κ1) is 24.0. The Morgan fingerprint density at radius 2 is 1.40 bits per heavy atom. The molecule has 2 rings (SSSR count). The van der Waals surface area contributed by atoms with Gasteiger partial charge in [-0.2, -0.15) is 4.31 Å². The molecule has 0 fully saturated rings. The molecule has 0 bridgehead atoms. The Labute approximate surface area is 179 Å². The van der Waals surface area contributed by atoms with E-state index in [1.165, 1.54) is 40.7 Å². The van der Waals surface area contributed by atoms with Crippen molar-refractivity contribution in [2.45, 2.75) is 42.9 Å². The molecule has 0 aliphatic rings. The molecule has 1 N–H and O–H groups in total. The van der Waals surface area contributed by atoms with E-state index < -0.39 is 25.8 Å². The summed E-state index contributed by atoms with van der Waals surface area (Å²) in [6.45, 7) is 4.75. The SMILES string of the molecule is CCCN(CCC)S(=O)(=O)c1ccc(NC(=O)CCS(=O)(=O)c2ccccc2)cc1. The van der Waals surface area contributed by atoms with Crippen LogP contribution in [0.25, 0.3) is 0 Å². The van der Waals surface area contributed by atoms with Gasteiger partial charge in [0, 0.05) is 25.2 Å². The zero-order valence-corrected chi connectivity index (χ0v) is 18.9. The van der Waals surface area contributed by atoms with E-state index in [1.54, 1.807) is 18.2 Å². The summed E-state index contributed by atoms with van der Waals surface area (Å²) in [6, 6.07) is 13.9. The lowest BCUT2D eigenvalue weighted by Crippen LogP contribution is -2.32. The van der Waals surface area contributed by atoms with E-state index in [0.29, 0.717) is 18.8 Å². The van der Waals surface area contributed by atoms with E-state index in [0.717, 1.165) is 12.8 Å². The molecule has 0 saturated heterocycles. The van der Waals surface area contributed by atoms with Crippen molar-refractivity contribution in [3.63, 3.8) is 0 Å². The summed E-state index contributed by atoms with van der Waals surface area (Å²) in [4.78, 5) is 12.5. The number of nitrogens with zero attached hydrogens (tertiary/aromatic N) is 1. The van der Waals surface area contributed by atoms with Crippen LogP contribution in [0.5, 0.6) is 0 Å². The van der Waals surface area contributed by atoms with Crippen LogP contribution in [0.3, 0.4) is 0 Å². The number of hydrogen-bond donors (Lipinski definition) is 1. The van der Waals surface area contributed by atoms with Crippen molar-refractivity contribution in [1.29, 1.82) is 0 Å². The smallest absolute Gasteiger partial charge is 0.243 e. The maximum Gasteiger partial charge on any atom is 0.243 e. The number of benzene rings is 2. The minimum absolute atomic E-state index is 0.161. The Morgan fingerprint density at radius 3 is 1.93 bits per heavy atom. The van der Waals surface area contributed by atoms with Gasteiger partial charge in [-0.3, -0.25) is 4.79 Å². The van der Waals surface area contributed by atoms with Crippen molar-refractivity contribution in [2.24, 2.45) is 0 Å². The number of sulfone groups is 1. The highest BCUT2D eigenvalue weighted by atomic mass is 32.2. The van der Waals surface area contributed by atoms with Gasteiger partial charge in [0.25, 0.3) is 0 Å². The van der Waals surface area contributed by atoms with Crippen LogP contribution in [-0.4, -0.2) is 45.9 Å². The number of rotatable bonds is 11. The first-order chi connectivity index (χ1) is 14.2. The van der Waals surface area contributed by atoms with Gasteiger partial charge in [-0.25, -0.2) is 16.8 Å². The van der Waals surface area contributed by atoms with Crippen LogP contribution < -0.4 is 5.32 Å². The zero-order chi connectivity index (χ0) is 22.2. The number of anilines is 1. The van der Waals surface area contributed by atoms with Gasteiger partial charge >= 0.3 is 0 Å². The standard InChI is InChI=1S/C21H28N2O5S2/c1-3-15-23(16-4-2)30(27,28)20-12-10-18(11-13-20)22-21(24)14-17-29(25,26)19-8-6-5-7-9-19/h5-13H,3-4,14-17H2,1-2H3,(H,22,24). The zero-order valence-electron chi connectivity index (χ0n) is 17.2. The summed E-state index contributed by atoms with van der Waals surface area (Å²) in [7, 11) is -7.13. The number of amides is 1. The number of carbonyl (C=O) groups is 1. The number of nitrogens with one attached hydrogen (secondary N) is 1. The Morgan fingerprint density at radius 1 is 0.833 bits per heavy atom. The lowest BCUT2D eigenvalue weighted by molar-refractivity contribution is -0.115. The largest absolute Gasteiger partial charge is 0.326 e. The monoisotopic (exact) mass is 452 g/mol. The number of carbonyl (C=O) groups excluding carboxylic acids is 1. The van der Waals surface area contributed by atoms with Crippen molar-refractivity contribution in [1.82, 2.24) is 4.31 Å². The quantitative estimate of drug-likeness (QED) is 0.564. The first-order valence-corrected chi connectivity index (χ1v) is 13.0. The second-order valence-corrected chi connectivity index (χ2v) is 10.9. The van der Waals surface area contributed by atoms with Gasteiger partial charge in [0.15, 0.2) is 9.84 Å². The van der Waals surface area contributed by atoms with Crippen molar-refractivity contribution in [3.05, 3.63) is 54.6 Å². The molecule has 0 aromatic heterocycles. The third-order valence-electron chi connectivity index (χ3n) is 4.42. The fourth-order valence-corrected chi connectivity index (χ4v) is 5.79. The molecule has 0 unspecified atom stereocenters. The summed E-state index contributed by atoms with van der Waals surface area (Å²) in [6.07, 6.45) is 1.25. The highest BCUT2D eigenvalue weighted by Crippen LogP contribution is 2.19. The summed E-state index contributed by atoms with van der Waals surface area (Å²) in [5.41, 5.74) is 0.411. The van der Waals surface area contributed by atoms with E-state index in [4.69, 9.17) is 0 Å². The average Bonchev–Trinajstić information content (AvgIpc) is 2.73. The maximum atomic E-state index is 12.8. The summed E-state index contributed by atoms with van der Waals surface area (Å²) < 4.78 is 51.5. The molecule has 0 atom stereocenters. The maximum absolute atomic E-state index is 12.8. The Balaban J connectivity index is 2.01. The lowest BCUT2D eigenvalue weighted by atomic mass is 10.3.